The molecule has 1 aromatic rings. The van der Waals surface area contributed by atoms with Crippen molar-refractivity contribution in [3.8, 4) is 0 Å². The largest absolute Gasteiger partial charge is 0.391 e. The molecule has 0 spiro atoms. The second-order valence-electron chi connectivity index (χ2n) is 6.36. The van der Waals surface area contributed by atoms with Gasteiger partial charge in [-0.3, -0.25) is 9.69 Å². The van der Waals surface area contributed by atoms with E-state index in [1.54, 1.807) is 24.0 Å². The quantitative estimate of drug-likeness (QED) is 0.906. The average Bonchev–Trinajstić information content (AvgIpc) is 2.95. The van der Waals surface area contributed by atoms with Gasteiger partial charge < -0.3 is 10.0 Å². The van der Waals surface area contributed by atoms with Gasteiger partial charge in [0.1, 0.15) is 5.82 Å². The van der Waals surface area contributed by atoms with Gasteiger partial charge in [-0.05, 0) is 43.9 Å². The molecule has 0 radical (unpaired) electrons. The summed E-state index contributed by atoms with van der Waals surface area (Å²) in [6.45, 7) is 4.52. The lowest BCUT2D eigenvalue weighted by Gasteiger charge is -2.39. The fraction of sp³-hybridized carbons (Fsp3) is 0.588. The first-order valence-corrected chi connectivity index (χ1v) is 8.04. The maximum atomic E-state index is 13.6. The number of aryl methyl sites for hydroxylation is 1. The van der Waals surface area contributed by atoms with E-state index in [0.717, 1.165) is 32.4 Å². The van der Waals surface area contributed by atoms with E-state index in [1.165, 1.54) is 6.07 Å². The Morgan fingerprint density at radius 1 is 1.23 bits per heavy atom. The van der Waals surface area contributed by atoms with Crippen LogP contribution in [0.25, 0.3) is 0 Å². The van der Waals surface area contributed by atoms with Crippen molar-refractivity contribution in [1.82, 2.24) is 9.80 Å². The molecule has 1 heterocycles. The summed E-state index contributed by atoms with van der Waals surface area (Å²) in [5.41, 5.74) is 0.967. The van der Waals surface area contributed by atoms with Crippen LogP contribution in [0.15, 0.2) is 18.2 Å². The number of hydrogen-bond acceptors (Lipinski definition) is 3. The van der Waals surface area contributed by atoms with Crippen molar-refractivity contribution in [2.75, 3.05) is 26.2 Å². The number of piperazine rings is 1. The van der Waals surface area contributed by atoms with Gasteiger partial charge in [-0.1, -0.05) is 6.07 Å². The van der Waals surface area contributed by atoms with Gasteiger partial charge in [0.25, 0.3) is 5.91 Å². The van der Waals surface area contributed by atoms with Crippen molar-refractivity contribution in [2.45, 2.75) is 38.3 Å². The van der Waals surface area contributed by atoms with Gasteiger partial charge in [-0.25, -0.2) is 4.39 Å². The number of aliphatic hydroxyl groups excluding tert-OH is 1. The Morgan fingerprint density at radius 2 is 1.95 bits per heavy atom. The summed E-state index contributed by atoms with van der Waals surface area (Å²) in [5.74, 6) is -0.441. The third-order valence-corrected chi connectivity index (χ3v) is 4.93. The molecule has 1 N–H and O–H groups in total. The Morgan fingerprint density at radius 3 is 2.55 bits per heavy atom. The monoisotopic (exact) mass is 306 g/mol. The number of carbonyl (C=O) groups is 1. The van der Waals surface area contributed by atoms with Gasteiger partial charge in [0.2, 0.25) is 0 Å². The van der Waals surface area contributed by atoms with E-state index in [9.17, 15) is 14.3 Å². The fourth-order valence-corrected chi connectivity index (χ4v) is 3.51. The highest BCUT2D eigenvalue weighted by atomic mass is 19.1. The summed E-state index contributed by atoms with van der Waals surface area (Å²) in [5, 5.41) is 9.99. The zero-order valence-corrected chi connectivity index (χ0v) is 13.0. The molecule has 0 aromatic heterocycles. The SMILES string of the molecule is Cc1ccc(C(=O)N2CCN([C@H]3CCC[C@H]3O)CC2)cc1F. The van der Waals surface area contributed by atoms with Crippen LogP contribution in [0.5, 0.6) is 0 Å². The Labute approximate surface area is 130 Å². The predicted molar refractivity (Wildman–Crippen MR) is 82.3 cm³/mol. The van der Waals surface area contributed by atoms with Gasteiger partial charge in [0.05, 0.1) is 6.10 Å². The van der Waals surface area contributed by atoms with E-state index in [0.29, 0.717) is 24.2 Å². The zero-order valence-electron chi connectivity index (χ0n) is 13.0. The second-order valence-corrected chi connectivity index (χ2v) is 6.36. The lowest BCUT2D eigenvalue weighted by molar-refractivity contribution is 0.0315. The summed E-state index contributed by atoms with van der Waals surface area (Å²) in [7, 11) is 0. The molecule has 2 fully saturated rings. The van der Waals surface area contributed by atoms with Gasteiger partial charge in [-0.2, -0.15) is 0 Å². The molecule has 1 aromatic carbocycles. The van der Waals surface area contributed by atoms with E-state index in [1.807, 2.05) is 0 Å². The molecular formula is C17H23FN2O2. The first kappa shape index (κ1) is 15.4. The standard InChI is InChI=1S/C17H23FN2O2/c1-12-5-6-13(11-14(12)18)17(22)20-9-7-19(8-10-20)15-3-2-4-16(15)21/h5-6,11,15-16,21H,2-4,7-10H2,1H3/t15-,16+/m0/s1. The second kappa shape index (κ2) is 6.34. The molecule has 120 valence electrons. The van der Waals surface area contributed by atoms with E-state index in [-0.39, 0.29) is 23.9 Å². The molecule has 22 heavy (non-hydrogen) atoms. The van der Waals surface area contributed by atoms with Crippen molar-refractivity contribution in [3.63, 3.8) is 0 Å². The fourth-order valence-electron chi connectivity index (χ4n) is 3.51. The van der Waals surface area contributed by atoms with Crippen LogP contribution in [0.2, 0.25) is 0 Å². The Balaban J connectivity index is 1.61. The molecular weight excluding hydrogens is 283 g/mol. The van der Waals surface area contributed by atoms with Crippen molar-refractivity contribution < 1.29 is 14.3 Å². The van der Waals surface area contributed by atoms with Crippen molar-refractivity contribution in [3.05, 3.63) is 35.1 Å². The molecule has 1 amide bonds. The molecule has 0 unspecified atom stereocenters. The molecule has 1 saturated heterocycles. The minimum absolute atomic E-state index is 0.106. The lowest BCUT2D eigenvalue weighted by atomic mass is 10.1. The maximum Gasteiger partial charge on any atom is 0.254 e. The molecule has 1 aliphatic heterocycles. The Hall–Kier alpha value is -1.46. The van der Waals surface area contributed by atoms with Crippen LogP contribution in [-0.4, -0.2) is 59.1 Å². The maximum absolute atomic E-state index is 13.6. The van der Waals surface area contributed by atoms with Crippen LogP contribution in [0.1, 0.15) is 35.2 Å². The minimum Gasteiger partial charge on any atom is -0.391 e. The topological polar surface area (TPSA) is 43.8 Å². The number of amides is 1. The van der Waals surface area contributed by atoms with Crippen LogP contribution < -0.4 is 0 Å². The molecule has 2 aliphatic rings. The van der Waals surface area contributed by atoms with Crippen LogP contribution in [0.4, 0.5) is 4.39 Å². The highest BCUT2D eigenvalue weighted by Crippen LogP contribution is 2.25. The lowest BCUT2D eigenvalue weighted by Crippen LogP contribution is -2.53. The van der Waals surface area contributed by atoms with Crippen LogP contribution >= 0.6 is 0 Å². The van der Waals surface area contributed by atoms with E-state index in [2.05, 4.69) is 4.90 Å². The van der Waals surface area contributed by atoms with Crippen LogP contribution in [0, 0.1) is 12.7 Å². The van der Waals surface area contributed by atoms with Crippen LogP contribution in [-0.2, 0) is 0 Å². The number of benzene rings is 1. The molecule has 1 saturated carbocycles. The smallest absolute Gasteiger partial charge is 0.254 e. The van der Waals surface area contributed by atoms with Gasteiger partial charge >= 0.3 is 0 Å². The Kier molecular flexibility index (Phi) is 4.45. The van der Waals surface area contributed by atoms with Gasteiger partial charge in [-0.15, -0.1) is 0 Å². The first-order chi connectivity index (χ1) is 10.6. The number of carbonyl (C=O) groups excluding carboxylic acids is 1. The number of nitrogens with zero attached hydrogens (tertiary/aromatic N) is 2. The summed E-state index contributed by atoms with van der Waals surface area (Å²) in [4.78, 5) is 16.5. The summed E-state index contributed by atoms with van der Waals surface area (Å²) in [6.07, 6.45) is 2.77. The summed E-state index contributed by atoms with van der Waals surface area (Å²) >= 11 is 0. The third kappa shape index (κ3) is 3.01. The minimum atomic E-state index is -0.335. The third-order valence-electron chi connectivity index (χ3n) is 4.93. The summed E-state index contributed by atoms with van der Waals surface area (Å²) in [6, 6.07) is 4.90. The van der Waals surface area contributed by atoms with Crippen molar-refractivity contribution in [1.29, 1.82) is 0 Å². The van der Waals surface area contributed by atoms with E-state index >= 15 is 0 Å². The normalized spacial score (nSPS) is 26.4. The van der Waals surface area contributed by atoms with Gasteiger partial charge in [0, 0.05) is 37.8 Å². The average molecular weight is 306 g/mol. The molecule has 5 heteroatoms. The van der Waals surface area contributed by atoms with Crippen molar-refractivity contribution in [2.24, 2.45) is 0 Å². The number of hydrogen-bond donors (Lipinski definition) is 1. The van der Waals surface area contributed by atoms with E-state index < -0.39 is 0 Å². The highest BCUT2D eigenvalue weighted by molar-refractivity contribution is 5.94. The molecule has 3 rings (SSSR count). The number of rotatable bonds is 2. The molecule has 0 bridgehead atoms. The summed E-state index contributed by atoms with van der Waals surface area (Å²) < 4.78 is 13.6. The zero-order chi connectivity index (χ0) is 15.7. The van der Waals surface area contributed by atoms with Crippen molar-refractivity contribution >= 4 is 5.91 Å². The molecule has 4 nitrogen and oxygen atoms in total. The first-order valence-electron chi connectivity index (χ1n) is 8.04. The Bertz CT molecular complexity index is 556. The number of aliphatic hydroxyl groups is 1. The highest BCUT2D eigenvalue weighted by Gasteiger charge is 2.33. The van der Waals surface area contributed by atoms with Crippen LogP contribution in [0.3, 0.4) is 0 Å². The number of halogens is 1. The predicted octanol–water partition coefficient (Wildman–Crippen LogP) is 1.81. The molecule has 2 atom stereocenters. The molecule has 1 aliphatic carbocycles. The van der Waals surface area contributed by atoms with E-state index in [4.69, 9.17) is 0 Å². The van der Waals surface area contributed by atoms with Gasteiger partial charge in [0.15, 0.2) is 0 Å².